The molecule has 1 amide bonds. The zero-order valence-corrected chi connectivity index (χ0v) is 37.1. The van der Waals surface area contributed by atoms with E-state index in [1.165, 1.54) is 14.0 Å². The molecule has 0 radical (unpaired) electrons. The van der Waals surface area contributed by atoms with E-state index in [0.29, 0.717) is 31.6 Å². The number of aryl methyl sites for hydroxylation is 1. The molecular formula is C44H66N6O10. The van der Waals surface area contributed by atoms with Crippen LogP contribution in [0.25, 0.3) is 11.3 Å². The fourth-order valence-electron chi connectivity index (χ4n) is 10.3. The first-order chi connectivity index (χ1) is 28.3. The molecule has 3 saturated heterocycles. The molecule has 1 aromatic heterocycles. The number of ketones is 1. The van der Waals surface area contributed by atoms with Gasteiger partial charge in [0.25, 0.3) is 0 Å². The molecule has 5 heterocycles. The Morgan fingerprint density at radius 2 is 1.75 bits per heavy atom. The van der Waals surface area contributed by atoms with Crippen LogP contribution in [0.15, 0.2) is 42.9 Å². The molecule has 16 nitrogen and oxygen atoms in total. The van der Waals surface area contributed by atoms with Gasteiger partial charge in [0.1, 0.15) is 24.2 Å². The Morgan fingerprint density at radius 3 is 2.40 bits per heavy atom. The molecule has 1 N–H and O–H groups in total. The molecule has 3 fully saturated rings. The fraction of sp³-hybridized carbons (Fsp3) is 0.705. The predicted molar refractivity (Wildman–Crippen MR) is 222 cm³/mol. The highest BCUT2D eigenvalue weighted by atomic mass is 16.7. The molecule has 332 valence electrons. The Bertz CT molecular complexity index is 1880. The minimum absolute atomic E-state index is 0.164. The third-order valence-corrected chi connectivity index (χ3v) is 13.5. The van der Waals surface area contributed by atoms with Crippen molar-refractivity contribution in [1.29, 1.82) is 0 Å². The summed E-state index contributed by atoms with van der Waals surface area (Å²) in [5.74, 6) is -4.45. The van der Waals surface area contributed by atoms with Gasteiger partial charge in [-0.05, 0) is 67.5 Å². The molecule has 0 aliphatic carbocycles. The number of fused-ring (bicyclic) bond motifs is 1. The van der Waals surface area contributed by atoms with Crippen LogP contribution in [0.1, 0.15) is 81.1 Å². The van der Waals surface area contributed by atoms with E-state index in [2.05, 4.69) is 4.98 Å². The van der Waals surface area contributed by atoms with E-state index in [-0.39, 0.29) is 31.7 Å². The first-order valence-corrected chi connectivity index (χ1v) is 21.5. The number of hydrazine groups is 1. The number of hydrogen-bond donors (Lipinski definition) is 1. The summed E-state index contributed by atoms with van der Waals surface area (Å²) in [5, 5.41) is 29.5. The van der Waals surface area contributed by atoms with Crippen molar-refractivity contribution in [1.82, 2.24) is 24.5 Å². The number of carbonyl (C=O) groups excluding carboxylic acids is 3. The minimum Gasteiger partial charge on any atom is -0.623 e. The molecule has 13 atom stereocenters. The van der Waals surface area contributed by atoms with Gasteiger partial charge in [-0.2, -0.15) is 9.75 Å². The summed E-state index contributed by atoms with van der Waals surface area (Å²) in [5.41, 5.74) is -0.297. The Balaban J connectivity index is 1.38. The van der Waals surface area contributed by atoms with Crippen LogP contribution in [0.5, 0.6) is 0 Å². The number of methoxy groups -OCH3 is 1. The molecule has 2 aromatic rings. The second-order valence-electron chi connectivity index (χ2n) is 18.0. The fourth-order valence-corrected chi connectivity index (χ4v) is 10.3. The topological polar surface area (TPSA) is 171 Å². The summed E-state index contributed by atoms with van der Waals surface area (Å²) in [4.78, 5) is 49.2. The van der Waals surface area contributed by atoms with Crippen molar-refractivity contribution in [2.45, 2.75) is 142 Å². The molecule has 16 heteroatoms. The van der Waals surface area contributed by atoms with Crippen molar-refractivity contribution >= 4 is 23.6 Å². The number of Topliss-reactive ketones (excluding diaryl/α,β-unsaturated/α-hetero) is 1. The third kappa shape index (κ3) is 8.73. The van der Waals surface area contributed by atoms with Crippen molar-refractivity contribution in [3.63, 3.8) is 0 Å². The molecule has 4 aliphatic rings. The lowest BCUT2D eigenvalue weighted by Crippen LogP contribution is -2.61. The Labute approximate surface area is 354 Å². The van der Waals surface area contributed by atoms with Gasteiger partial charge in [-0.15, -0.1) is 0 Å². The van der Waals surface area contributed by atoms with Crippen LogP contribution >= 0.6 is 0 Å². The van der Waals surface area contributed by atoms with E-state index >= 15 is 0 Å². The summed E-state index contributed by atoms with van der Waals surface area (Å²) >= 11 is 0. The molecule has 0 unspecified atom stereocenters. The number of aliphatic hydroxyl groups excluding tert-OH is 1. The summed E-state index contributed by atoms with van der Waals surface area (Å²) < 4.78 is 34.7. The summed E-state index contributed by atoms with van der Waals surface area (Å²) in [6, 6.07) is 8.85. The van der Waals surface area contributed by atoms with Crippen molar-refractivity contribution in [3.8, 4) is 11.3 Å². The second-order valence-corrected chi connectivity index (χ2v) is 18.0. The van der Waals surface area contributed by atoms with Crippen LogP contribution < -0.4 is 0 Å². The largest absolute Gasteiger partial charge is 0.623 e. The lowest BCUT2D eigenvalue weighted by molar-refractivity contribution is -0.494. The van der Waals surface area contributed by atoms with E-state index in [4.69, 9.17) is 23.7 Å². The van der Waals surface area contributed by atoms with Gasteiger partial charge in [0, 0.05) is 49.8 Å². The van der Waals surface area contributed by atoms with Gasteiger partial charge in [-0.3, -0.25) is 9.59 Å². The molecule has 4 aliphatic heterocycles. The lowest BCUT2D eigenvalue weighted by Gasteiger charge is -2.47. The number of benzene rings is 1. The van der Waals surface area contributed by atoms with Gasteiger partial charge in [-0.25, -0.2) is 14.8 Å². The quantitative estimate of drug-likeness (QED) is 0.151. The number of imidazole rings is 1. The Kier molecular flexibility index (Phi) is 13.8. The smallest absolute Gasteiger partial charge is 0.425 e. The summed E-state index contributed by atoms with van der Waals surface area (Å²) in [6.07, 6.45) is 0.300. The Morgan fingerprint density at radius 1 is 1.05 bits per heavy atom. The second kappa shape index (κ2) is 18.2. The molecule has 0 saturated carbocycles. The SMILES string of the molecule is CC[C@@H]1OC(=O)[C@H](C)C(=O)[C@H](C)[C@@H](O[C@@H]2O[C@H](C)C[C@H](N(C)C)[C@H]2O)[C@@](C)(OC)C[C@@H](C)C2=[N+]([O-])CN(CCCn3cnc(-c4ccccc4)c3)N3C(=O)O[C@@]1(C)[C@H]3[C@@H]2C. The lowest BCUT2D eigenvalue weighted by atomic mass is 9.73. The number of aliphatic hydroxyl groups is 1. The van der Waals surface area contributed by atoms with Gasteiger partial charge in [0.2, 0.25) is 6.67 Å². The molecule has 1 aromatic carbocycles. The molecule has 6 rings (SSSR count). The van der Waals surface area contributed by atoms with E-state index in [1.54, 1.807) is 30.2 Å². The maximum Gasteiger partial charge on any atom is 0.425 e. The number of ether oxygens (including phenoxy) is 5. The standard InChI is InChI=1S/C44H66N6O10/c1-12-34-44(8)38-28(4)35(49(55)25-48(50(38)42(54)60-44)20-16-19-47-23-32(45-24-47)31-17-14-13-15-18-31)26(2)22-43(7,56-11)39(29(5)36(51)30(6)40(53)58-34)59-41-37(52)33(46(9)10)21-27(3)57-41/h13-15,17-18,23-24,26-30,33-34,37-39,41,52H,12,16,19-22,25H2,1-11H3/t26-,27-,28-,29+,30-,33+,34+,37-,38-,39-,41+,43+,44-/m1/s1. The monoisotopic (exact) mass is 838 g/mol. The number of likely N-dealkylation sites (N-methyl/N-ethyl adjacent to an activating group) is 1. The minimum atomic E-state index is -1.40. The van der Waals surface area contributed by atoms with Crippen molar-refractivity contribution in [2.24, 2.45) is 23.7 Å². The zero-order chi connectivity index (χ0) is 43.8. The number of nitrogens with zero attached hydrogens (tertiary/aromatic N) is 6. The highest BCUT2D eigenvalue weighted by molar-refractivity contribution is 6.00. The summed E-state index contributed by atoms with van der Waals surface area (Å²) in [7, 11) is 5.29. The molecule has 60 heavy (non-hydrogen) atoms. The van der Waals surface area contributed by atoms with E-state index in [0.717, 1.165) is 16.0 Å². The van der Waals surface area contributed by atoms with Gasteiger partial charge in [0.05, 0.1) is 35.7 Å². The van der Waals surface area contributed by atoms with E-state index in [9.17, 15) is 24.7 Å². The number of hydroxylamine groups is 1. The number of rotatable bonds is 10. The first-order valence-electron chi connectivity index (χ1n) is 21.5. The first kappa shape index (κ1) is 45.6. The number of aromatic nitrogens is 2. The van der Waals surface area contributed by atoms with E-state index < -0.39 is 83.4 Å². The normalized spacial score (nSPS) is 37.2. The zero-order valence-electron chi connectivity index (χ0n) is 37.1. The number of esters is 1. The third-order valence-electron chi connectivity index (χ3n) is 13.5. The highest BCUT2D eigenvalue weighted by Gasteiger charge is 2.63. The van der Waals surface area contributed by atoms with Gasteiger partial charge >= 0.3 is 12.1 Å². The van der Waals surface area contributed by atoms with Gasteiger partial charge in [-0.1, -0.05) is 58.0 Å². The van der Waals surface area contributed by atoms with Gasteiger partial charge in [0.15, 0.2) is 23.4 Å². The molecule has 2 bridgehead atoms. The maximum atomic E-state index is 14.7. The number of cyclic esters (lactones) is 1. The maximum absolute atomic E-state index is 14.7. The average molecular weight is 839 g/mol. The highest BCUT2D eigenvalue weighted by Crippen LogP contribution is 2.45. The number of amides is 1. The van der Waals surface area contributed by atoms with Crippen LogP contribution in [0, 0.1) is 28.9 Å². The van der Waals surface area contributed by atoms with Crippen LogP contribution in [0.3, 0.4) is 0 Å². The van der Waals surface area contributed by atoms with E-state index in [1.807, 2.05) is 94.7 Å². The van der Waals surface area contributed by atoms with Crippen molar-refractivity contribution in [2.75, 3.05) is 34.4 Å². The molecule has 0 spiro atoms. The van der Waals surface area contributed by atoms with Gasteiger partial charge < -0.3 is 43.5 Å². The summed E-state index contributed by atoms with van der Waals surface area (Å²) in [6.45, 7) is 15.1. The van der Waals surface area contributed by atoms with Crippen LogP contribution in [-0.4, -0.2) is 146 Å². The Hall–Kier alpha value is -3.93. The predicted octanol–water partition coefficient (Wildman–Crippen LogP) is 4.71. The van der Waals surface area contributed by atoms with Crippen LogP contribution in [0.4, 0.5) is 4.79 Å². The average Bonchev–Trinajstić information content (AvgIpc) is 3.76. The number of hydrogen-bond acceptors (Lipinski definition) is 13. The van der Waals surface area contributed by atoms with Crippen molar-refractivity contribution < 1.29 is 47.9 Å². The molecular weight excluding hydrogens is 773 g/mol. The van der Waals surface area contributed by atoms with Crippen LogP contribution in [0.2, 0.25) is 0 Å². The number of carbonyl (C=O) groups is 3. The van der Waals surface area contributed by atoms with Crippen LogP contribution in [-0.2, 0) is 39.8 Å². The van der Waals surface area contributed by atoms with Crippen molar-refractivity contribution in [3.05, 3.63) is 48.1 Å².